The molecule has 1 amide bonds. The van der Waals surface area contributed by atoms with Gasteiger partial charge in [0.05, 0.1) is 24.4 Å². The molecule has 2 heterocycles. The highest BCUT2D eigenvalue weighted by Crippen LogP contribution is 2.61. The Morgan fingerprint density at radius 3 is 3.00 bits per heavy atom. The van der Waals surface area contributed by atoms with E-state index < -0.39 is 0 Å². The smallest absolute Gasteiger partial charge is 0.228 e. The van der Waals surface area contributed by atoms with Gasteiger partial charge in [0, 0.05) is 41.6 Å². The number of carbonyl (C=O) groups excluding carboxylic acids is 2. The normalized spacial score (nSPS) is 20.2. The third-order valence-electron chi connectivity index (χ3n) is 6.88. The lowest BCUT2D eigenvalue weighted by molar-refractivity contribution is -0.117. The van der Waals surface area contributed by atoms with Crippen molar-refractivity contribution >= 4 is 17.9 Å². The average Bonchev–Trinajstić information content (AvgIpc) is 3.40. The molecule has 1 aromatic heterocycles. The Bertz CT molecular complexity index is 1310. The minimum atomic E-state index is -0.263. The zero-order chi connectivity index (χ0) is 23.7. The number of benzene rings is 2. The standard InChI is InChI=1S/C26H25N5O3/c1-31-16-23(29-30-31)19-7-8-24-20(13-19)26(9-11-34-24)14-21(26)25(33)28-22-12-17(15-27)5-6-18(22)4-2-3-10-32/h5-8,10,12-13,16,21H,2-4,9,11,14H2,1H3,(H,28,33). The van der Waals surface area contributed by atoms with Crippen LogP contribution < -0.4 is 10.1 Å². The van der Waals surface area contributed by atoms with Crippen molar-refractivity contribution in [2.24, 2.45) is 13.0 Å². The third-order valence-corrected chi connectivity index (χ3v) is 6.88. The maximum Gasteiger partial charge on any atom is 0.228 e. The predicted molar refractivity (Wildman–Crippen MR) is 125 cm³/mol. The van der Waals surface area contributed by atoms with Crippen molar-refractivity contribution in [3.05, 3.63) is 59.3 Å². The van der Waals surface area contributed by atoms with Crippen LogP contribution in [-0.2, 0) is 28.5 Å². The zero-order valence-corrected chi connectivity index (χ0v) is 19.0. The number of nitriles is 1. The van der Waals surface area contributed by atoms with Crippen molar-refractivity contribution in [1.29, 1.82) is 5.26 Å². The van der Waals surface area contributed by atoms with E-state index in [1.165, 1.54) is 0 Å². The summed E-state index contributed by atoms with van der Waals surface area (Å²) in [7, 11) is 1.83. The number of aryl methyl sites for hydroxylation is 2. The molecule has 1 N–H and O–H groups in total. The third kappa shape index (κ3) is 3.94. The molecule has 3 aromatic rings. The fourth-order valence-electron chi connectivity index (χ4n) is 4.96. The van der Waals surface area contributed by atoms with Crippen LogP contribution in [0.15, 0.2) is 42.6 Å². The van der Waals surface area contributed by atoms with Gasteiger partial charge in [-0.1, -0.05) is 11.3 Å². The van der Waals surface area contributed by atoms with Gasteiger partial charge in [-0.2, -0.15) is 5.26 Å². The number of fused-ring (bicyclic) bond motifs is 2. The Kier molecular flexibility index (Phi) is 5.62. The molecule has 2 atom stereocenters. The first-order chi connectivity index (χ1) is 16.5. The first kappa shape index (κ1) is 21.8. The van der Waals surface area contributed by atoms with Crippen molar-refractivity contribution in [3.63, 3.8) is 0 Å². The molecule has 2 aromatic carbocycles. The molecule has 5 rings (SSSR count). The number of hydrogen-bond donors (Lipinski definition) is 1. The molecule has 172 valence electrons. The van der Waals surface area contributed by atoms with Gasteiger partial charge in [0.15, 0.2) is 0 Å². The number of amides is 1. The van der Waals surface area contributed by atoms with Crippen molar-refractivity contribution in [2.45, 2.75) is 37.5 Å². The molecule has 0 saturated heterocycles. The van der Waals surface area contributed by atoms with Crippen molar-refractivity contribution < 1.29 is 14.3 Å². The van der Waals surface area contributed by atoms with Crippen LogP contribution in [0.25, 0.3) is 11.3 Å². The van der Waals surface area contributed by atoms with Gasteiger partial charge in [0.1, 0.15) is 17.7 Å². The molecule has 1 aliphatic carbocycles. The van der Waals surface area contributed by atoms with E-state index in [1.807, 2.05) is 31.4 Å². The molecule has 0 radical (unpaired) electrons. The van der Waals surface area contributed by atoms with Crippen LogP contribution in [-0.4, -0.2) is 33.8 Å². The van der Waals surface area contributed by atoms with Crippen LogP contribution in [0, 0.1) is 17.2 Å². The second-order valence-corrected chi connectivity index (χ2v) is 9.03. The summed E-state index contributed by atoms with van der Waals surface area (Å²) in [6.45, 7) is 0.572. The summed E-state index contributed by atoms with van der Waals surface area (Å²) in [6, 6.07) is 13.5. The number of rotatable bonds is 7. The van der Waals surface area contributed by atoms with E-state index in [4.69, 9.17) is 4.74 Å². The van der Waals surface area contributed by atoms with Crippen LogP contribution >= 0.6 is 0 Å². The first-order valence-corrected chi connectivity index (χ1v) is 11.5. The Morgan fingerprint density at radius 1 is 1.35 bits per heavy atom. The van der Waals surface area contributed by atoms with E-state index in [2.05, 4.69) is 27.8 Å². The summed E-state index contributed by atoms with van der Waals surface area (Å²) < 4.78 is 7.57. The molecule has 0 bridgehead atoms. The van der Waals surface area contributed by atoms with Crippen LogP contribution in [0.4, 0.5) is 5.69 Å². The molecule has 8 nitrogen and oxygen atoms in total. The van der Waals surface area contributed by atoms with E-state index in [0.29, 0.717) is 37.1 Å². The Hall–Kier alpha value is -3.99. The van der Waals surface area contributed by atoms with Crippen LogP contribution in [0.3, 0.4) is 0 Å². The second-order valence-electron chi connectivity index (χ2n) is 9.03. The number of aromatic nitrogens is 3. The van der Waals surface area contributed by atoms with Gasteiger partial charge >= 0.3 is 0 Å². The minimum absolute atomic E-state index is 0.0514. The van der Waals surface area contributed by atoms with Gasteiger partial charge in [-0.05, 0) is 61.6 Å². The predicted octanol–water partition coefficient (Wildman–Crippen LogP) is 3.55. The monoisotopic (exact) mass is 455 g/mol. The van der Waals surface area contributed by atoms with E-state index in [0.717, 1.165) is 47.3 Å². The van der Waals surface area contributed by atoms with Crippen molar-refractivity contribution in [2.75, 3.05) is 11.9 Å². The van der Waals surface area contributed by atoms with Crippen LogP contribution in [0.5, 0.6) is 5.75 Å². The molecule has 1 aliphatic heterocycles. The van der Waals surface area contributed by atoms with Gasteiger partial charge < -0.3 is 14.8 Å². The maximum atomic E-state index is 13.4. The van der Waals surface area contributed by atoms with Gasteiger partial charge in [-0.25, -0.2) is 0 Å². The Labute approximate surface area is 197 Å². The highest BCUT2D eigenvalue weighted by Gasteiger charge is 2.61. The van der Waals surface area contributed by atoms with E-state index in [1.54, 1.807) is 16.8 Å². The largest absolute Gasteiger partial charge is 0.493 e. The molecule has 1 saturated carbocycles. The number of anilines is 1. The Balaban J connectivity index is 1.40. The van der Waals surface area contributed by atoms with Gasteiger partial charge in [0.2, 0.25) is 5.91 Å². The lowest BCUT2D eigenvalue weighted by atomic mass is 9.86. The summed E-state index contributed by atoms with van der Waals surface area (Å²) in [5, 5.41) is 20.6. The van der Waals surface area contributed by atoms with E-state index in [-0.39, 0.29) is 17.2 Å². The highest BCUT2D eigenvalue weighted by atomic mass is 16.5. The number of unbranched alkanes of at least 4 members (excludes halogenated alkanes) is 1. The number of nitrogens with one attached hydrogen (secondary N) is 1. The lowest BCUT2D eigenvalue weighted by Gasteiger charge is -2.27. The first-order valence-electron chi connectivity index (χ1n) is 11.5. The molecule has 2 unspecified atom stereocenters. The van der Waals surface area contributed by atoms with E-state index in [9.17, 15) is 14.9 Å². The average molecular weight is 456 g/mol. The zero-order valence-electron chi connectivity index (χ0n) is 19.0. The lowest BCUT2D eigenvalue weighted by Crippen LogP contribution is -2.27. The molecule has 1 fully saturated rings. The molecule has 1 spiro atoms. The topological polar surface area (TPSA) is 110 Å². The minimum Gasteiger partial charge on any atom is -0.493 e. The molecule has 2 aliphatic rings. The van der Waals surface area contributed by atoms with Gasteiger partial charge in [0.25, 0.3) is 0 Å². The number of hydrogen-bond acceptors (Lipinski definition) is 6. The Morgan fingerprint density at radius 2 is 2.24 bits per heavy atom. The number of carbonyl (C=O) groups is 2. The summed E-state index contributed by atoms with van der Waals surface area (Å²) in [6.07, 6.45) is 6.10. The number of aldehydes is 1. The number of ether oxygens (including phenoxy) is 1. The van der Waals surface area contributed by atoms with Gasteiger partial charge in [-0.15, -0.1) is 5.10 Å². The summed E-state index contributed by atoms with van der Waals surface area (Å²) in [5.74, 6) is 0.584. The fourth-order valence-corrected chi connectivity index (χ4v) is 4.96. The second kappa shape index (κ2) is 8.75. The molecular formula is C26H25N5O3. The SMILES string of the molecule is Cn1cc(-c2ccc3c(c2)C2(CCO3)CC2C(=O)Nc2cc(C#N)ccc2CCCC=O)nn1. The van der Waals surface area contributed by atoms with E-state index >= 15 is 0 Å². The van der Waals surface area contributed by atoms with Crippen molar-refractivity contribution in [1.82, 2.24) is 15.0 Å². The molecule has 34 heavy (non-hydrogen) atoms. The maximum absolute atomic E-state index is 13.4. The van der Waals surface area contributed by atoms with Crippen molar-refractivity contribution in [3.8, 4) is 23.1 Å². The summed E-state index contributed by atoms with van der Waals surface area (Å²) in [5.41, 5.74) is 4.58. The molecular weight excluding hydrogens is 430 g/mol. The van der Waals surface area contributed by atoms with Crippen LogP contribution in [0.1, 0.15) is 42.4 Å². The number of nitrogens with zero attached hydrogens (tertiary/aromatic N) is 4. The molecule has 8 heteroatoms. The fraction of sp³-hybridized carbons (Fsp3) is 0.346. The summed E-state index contributed by atoms with van der Waals surface area (Å²) >= 11 is 0. The van der Waals surface area contributed by atoms with Crippen LogP contribution in [0.2, 0.25) is 0 Å². The summed E-state index contributed by atoms with van der Waals surface area (Å²) in [4.78, 5) is 24.1. The highest BCUT2D eigenvalue weighted by molar-refractivity contribution is 5.97. The van der Waals surface area contributed by atoms with Gasteiger partial charge in [-0.3, -0.25) is 9.48 Å². The quantitative estimate of drug-likeness (QED) is 0.431.